The first-order valence-electron chi connectivity index (χ1n) is 7.08. The van der Waals surface area contributed by atoms with Gasteiger partial charge in [0.2, 0.25) is 5.91 Å². The summed E-state index contributed by atoms with van der Waals surface area (Å²) < 4.78 is 0. The number of nitrogens with two attached hydrogens (primary N) is 1. The van der Waals surface area contributed by atoms with Crippen LogP contribution >= 0.6 is 0 Å². The Hall–Kier alpha value is -0.570. The minimum atomic E-state index is -0.391. The van der Waals surface area contributed by atoms with Gasteiger partial charge in [0.1, 0.15) is 0 Å². The summed E-state index contributed by atoms with van der Waals surface area (Å²) in [5.74, 6) is 0.193. The van der Waals surface area contributed by atoms with Crippen molar-refractivity contribution in [3.05, 3.63) is 0 Å². The van der Waals surface area contributed by atoms with Gasteiger partial charge in [-0.1, -0.05) is 41.5 Å². The van der Waals surface area contributed by atoms with Crippen molar-refractivity contribution in [3.63, 3.8) is 0 Å². The van der Waals surface area contributed by atoms with E-state index in [0.29, 0.717) is 10.8 Å². The van der Waals surface area contributed by atoms with Crippen LogP contribution < -0.4 is 11.1 Å². The molecule has 3 heteroatoms. The van der Waals surface area contributed by atoms with Gasteiger partial charge in [-0.15, -0.1) is 0 Å². The Morgan fingerprint density at radius 3 is 2.00 bits per heavy atom. The fraction of sp³-hybridized carbons (Fsp3) is 0.933. The van der Waals surface area contributed by atoms with Gasteiger partial charge in [0, 0.05) is 6.04 Å². The van der Waals surface area contributed by atoms with E-state index in [2.05, 4.69) is 33.0 Å². The summed E-state index contributed by atoms with van der Waals surface area (Å²) in [6.07, 6.45) is 3.31. The number of hydrogen-bond acceptors (Lipinski definition) is 2. The SMILES string of the molecule is CC(C)[C@H](N)C(=O)NC1CC(C)(C)CC(C)(C)C1. The normalized spacial score (nSPS) is 24.9. The largest absolute Gasteiger partial charge is 0.352 e. The molecule has 0 aromatic carbocycles. The zero-order valence-electron chi connectivity index (χ0n) is 12.8. The van der Waals surface area contributed by atoms with E-state index in [9.17, 15) is 4.79 Å². The fourth-order valence-electron chi connectivity index (χ4n) is 3.55. The predicted molar refractivity (Wildman–Crippen MR) is 76.2 cm³/mol. The van der Waals surface area contributed by atoms with Crippen LogP contribution in [-0.2, 0) is 4.79 Å². The van der Waals surface area contributed by atoms with E-state index in [-0.39, 0.29) is 17.9 Å². The van der Waals surface area contributed by atoms with Crippen LogP contribution in [0.2, 0.25) is 0 Å². The average Bonchev–Trinajstić information content (AvgIpc) is 2.10. The number of amides is 1. The van der Waals surface area contributed by atoms with E-state index < -0.39 is 6.04 Å². The number of rotatable bonds is 3. The lowest BCUT2D eigenvalue weighted by Gasteiger charge is -2.45. The van der Waals surface area contributed by atoms with Gasteiger partial charge in [-0.3, -0.25) is 4.79 Å². The van der Waals surface area contributed by atoms with Crippen LogP contribution in [0.1, 0.15) is 60.8 Å². The highest BCUT2D eigenvalue weighted by molar-refractivity contribution is 5.82. The van der Waals surface area contributed by atoms with Crippen molar-refractivity contribution in [2.45, 2.75) is 72.9 Å². The van der Waals surface area contributed by atoms with Crippen molar-refractivity contribution in [1.29, 1.82) is 0 Å². The summed E-state index contributed by atoms with van der Waals surface area (Å²) in [7, 11) is 0. The second kappa shape index (κ2) is 5.20. The van der Waals surface area contributed by atoms with E-state index in [1.54, 1.807) is 0 Å². The second-order valence-corrected chi connectivity index (χ2v) is 7.89. The molecule has 1 rings (SSSR count). The molecule has 1 amide bonds. The van der Waals surface area contributed by atoms with Crippen molar-refractivity contribution in [2.75, 3.05) is 0 Å². The number of carbonyl (C=O) groups is 1. The average molecular weight is 254 g/mol. The molecule has 1 fully saturated rings. The van der Waals surface area contributed by atoms with Crippen LogP contribution in [0.3, 0.4) is 0 Å². The Balaban J connectivity index is 2.65. The molecular weight excluding hydrogens is 224 g/mol. The molecule has 0 aromatic rings. The van der Waals surface area contributed by atoms with Gasteiger partial charge in [-0.2, -0.15) is 0 Å². The van der Waals surface area contributed by atoms with Gasteiger partial charge >= 0.3 is 0 Å². The summed E-state index contributed by atoms with van der Waals surface area (Å²) in [5, 5.41) is 3.15. The summed E-state index contributed by atoms with van der Waals surface area (Å²) in [4.78, 5) is 12.0. The van der Waals surface area contributed by atoms with E-state index in [0.717, 1.165) is 12.8 Å². The Morgan fingerprint density at radius 1 is 1.17 bits per heavy atom. The minimum Gasteiger partial charge on any atom is -0.352 e. The maximum absolute atomic E-state index is 12.0. The molecule has 0 bridgehead atoms. The molecule has 3 nitrogen and oxygen atoms in total. The Kier molecular flexibility index (Phi) is 4.47. The molecule has 0 aromatic heterocycles. The molecule has 0 heterocycles. The molecule has 1 aliphatic carbocycles. The highest BCUT2D eigenvalue weighted by atomic mass is 16.2. The summed E-state index contributed by atoms with van der Waals surface area (Å²) in [5.41, 5.74) is 6.49. The molecule has 0 radical (unpaired) electrons. The van der Waals surface area contributed by atoms with Gasteiger partial charge in [0.05, 0.1) is 6.04 Å². The molecule has 3 N–H and O–H groups in total. The molecule has 18 heavy (non-hydrogen) atoms. The number of hydrogen-bond donors (Lipinski definition) is 2. The maximum atomic E-state index is 12.0. The van der Waals surface area contributed by atoms with E-state index >= 15 is 0 Å². The van der Waals surface area contributed by atoms with Crippen LogP contribution in [0, 0.1) is 16.7 Å². The Labute approximate surface area is 112 Å². The second-order valence-electron chi connectivity index (χ2n) is 7.89. The van der Waals surface area contributed by atoms with Crippen LogP contribution in [0.5, 0.6) is 0 Å². The molecular formula is C15H30N2O. The van der Waals surface area contributed by atoms with Crippen molar-refractivity contribution in [2.24, 2.45) is 22.5 Å². The highest BCUT2D eigenvalue weighted by Gasteiger charge is 2.39. The maximum Gasteiger partial charge on any atom is 0.237 e. The third-order valence-electron chi connectivity index (χ3n) is 3.92. The third-order valence-corrected chi connectivity index (χ3v) is 3.92. The lowest BCUT2D eigenvalue weighted by Crippen LogP contribution is -2.52. The molecule has 0 saturated heterocycles. The van der Waals surface area contributed by atoms with Crippen molar-refractivity contribution in [3.8, 4) is 0 Å². The molecule has 0 spiro atoms. The lowest BCUT2D eigenvalue weighted by molar-refractivity contribution is -0.124. The zero-order valence-corrected chi connectivity index (χ0v) is 12.8. The van der Waals surface area contributed by atoms with Gasteiger partial charge in [0.25, 0.3) is 0 Å². The molecule has 1 atom stereocenters. The summed E-state index contributed by atoms with van der Waals surface area (Å²) in [6.45, 7) is 13.1. The van der Waals surface area contributed by atoms with Crippen LogP contribution in [0.25, 0.3) is 0 Å². The lowest BCUT2D eigenvalue weighted by atomic mass is 9.63. The van der Waals surface area contributed by atoms with Gasteiger partial charge < -0.3 is 11.1 Å². The number of carbonyl (C=O) groups excluding carboxylic acids is 1. The van der Waals surface area contributed by atoms with Gasteiger partial charge in [-0.05, 0) is 36.0 Å². The zero-order chi connectivity index (χ0) is 14.1. The monoisotopic (exact) mass is 254 g/mol. The standard InChI is InChI=1S/C15H30N2O/c1-10(2)12(16)13(18)17-11-7-14(3,4)9-15(5,6)8-11/h10-12H,7-9,16H2,1-6H3,(H,17,18)/t12-/m0/s1. The van der Waals surface area contributed by atoms with E-state index in [1.807, 2.05) is 13.8 Å². The summed E-state index contributed by atoms with van der Waals surface area (Å²) in [6, 6.07) is -0.126. The first-order valence-corrected chi connectivity index (χ1v) is 7.08. The molecule has 1 aliphatic rings. The quantitative estimate of drug-likeness (QED) is 0.813. The molecule has 0 unspecified atom stereocenters. The van der Waals surface area contributed by atoms with Crippen molar-refractivity contribution >= 4 is 5.91 Å². The van der Waals surface area contributed by atoms with Gasteiger partial charge in [0.15, 0.2) is 0 Å². The predicted octanol–water partition coefficient (Wildman–Crippen LogP) is 2.69. The fourth-order valence-corrected chi connectivity index (χ4v) is 3.55. The topological polar surface area (TPSA) is 55.1 Å². The molecule has 0 aliphatic heterocycles. The Bertz CT molecular complexity index is 292. The minimum absolute atomic E-state index is 0.00324. The summed E-state index contributed by atoms with van der Waals surface area (Å²) >= 11 is 0. The van der Waals surface area contributed by atoms with Crippen LogP contribution in [-0.4, -0.2) is 18.0 Å². The highest BCUT2D eigenvalue weighted by Crippen LogP contribution is 2.45. The molecule has 1 saturated carbocycles. The van der Waals surface area contributed by atoms with Gasteiger partial charge in [-0.25, -0.2) is 0 Å². The van der Waals surface area contributed by atoms with Crippen molar-refractivity contribution in [1.82, 2.24) is 5.32 Å². The first kappa shape index (κ1) is 15.5. The third kappa shape index (κ3) is 4.27. The van der Waals surface area contributed by atoms with E-state index in [1.165, 1.54) is 6.42 Å². The molecule has 106 valence electrons. The smallest absolute Gasteiger partial charge is 0.237 e. The number of nitrogens with one attached hydrogen (secondary N) is 1. The van der Waals surface area contributed by atoms with Crippen LogP contribution in [0.4, 0.5) is 0 Å². The van der Waals surface area contributed by atoms with E-state index in [4.69, 9.17) is 5.73 Å². The van der Waals surface area contributed by atoms with Crippen molar-refractivity contribution < 1.29 is 4.79 Å². The Morgan fingerprint density at radius 2 is 1.61 bits per heavy atom. The first-order chi connectivity index (χ1) is 8.02. The van der Waals surface area contributed by atoms with Crippen LogP contribution in [0.15, 0.2) is 0 Å².